The first kappa shape index (κ1) is 27.0. The van der Waals surface area contributed by atoms with E-state index in [0.29, 0.717) is 29.8 Å². The second-order valence-corrected chi connectivity index (χ2v) is 15.6. The fraction of sp³-hybridized carbons (Fsp3) is 1.00. The predicted molar refractivity (Wildman–Crippen MR) is 150 cm³/mol. The summed E-state index contributed by atoms with van der Waals surface area (Å²) in [5.41, 5.74) is -0.264. The molecule has 0 aromatic rings. The molecule has 5 saturated carbocycles. The second-order valence-electron chi connectivity index (χ2n) is 15.6. The molecule has 212 valence electrons. The highest BCUT2D eigenvalue weighted by Gasteiger charge is 2.80. The summed E-state index contributed by atoms with van der Waals surface area (Å²) in [5.74, 6) is 3.18. The molecule has 5 aliphatic carbocycles. The number of aliphatic hydroxyl groups excluding tert-OH is 1. The van der Waals surface area contributed by atoms with Crippen molar-refractivity contribution in [3.8, 4) is 0 Å². The maximum atomic E-state index is 12.3. The van der Waals surface area contributed by atoms with Crippen LogP contribution in [0.2, 0.25) is 0 Å². The quantitative estimate of drug-likeness (QED) is 0.330. The SMILES string of the molecule is CNCC(C)CCCC1CC2C3NC(CNC)CCC3CC34C(O)CC5(C)CCCC(O)(C5)C3CC24C1. The number of likely N-dealkylation sites (N-methyl/N-ethyl adjacent to an activating group) is 1. The van der Waals surface area contributed by atoms with E-state index in [-0.39, 0.29) is 22.3 Å². The molecule has 6 rings (SSSR count). The van der Waals surface area contributed by atoms with Gasteiger partial charge in [0.2, 0.25) is 0 Å². The topological polar surface area (TPSA) is 76.5 Å². The number of nitrogens with one attached hydrogen (secondary N) is 3. The van der Waals surface area contributed by atoms with E-state index in [2.05, 4.69) is 43.9 Å². The number of hydrogen-bond acceptors (Lipinski definition) is 5. The Morgan fingerprint density at radius 2 is 1.89 bits per heavy atom. The molecule has 1 aliphatic heterocycles. The van der Waals surface area contributed by atoms with Crippen LogP contribution in [0.1, 0.15) is 104 Å². The lowest BCUT2D eigenvalue weighted by atomic mass is 9.31. The van der Waals surface area contributed by atoms with Gasteiger partial charge < -0.3 is 26.2 Å². The number of fused-ring (bicyclic) bond motifs is 5. The Labute approximate surface area is 226 Å². The third kappa shape index (κ3) is 4.11. The van der Waals surface area contributed by atoms with Crippen LogP contribution in [0.3, 0.4) is 0 Å². The molecule has 12 unspecified atom stereocenters. The first-order valence-corrected chi connectivity index (χ1v) is 16.1. The zero-order chi connectivity index (χ0) is 26.1. The molecule has 2 spiro atoms. The second kappa shape index (κ2) is 9.72. The van der Waals surface area contributed by atoms with Crippen LogP contribution < -0.4 is 16.0 Å². The van der Waals surface area contributed by atoms with Crippen molar-refractivity contribution in [2.24, 2.45) is 45.8 Å². The fourth-order valence-corrected chi connectivity index (χ4v) is 12.1. The first-order chi connectivity index (χ1) is 17.7. The Bertz CT molecular complexity index is 839. The highest BCUT2D eigenvalue weighted by molar-refractivity contribution is 5.29. The third-order valence-corrected chi connectivity index (χ3v) is 13.3. The largest absolute Gasteiger partial charge is 0.392 e. The molecular weight excluding hydrogens is 458 g/mol. The number of aliphatic hydroxyl groups is 2. The summed E-state index contributed by atoms with van der Waals surface area (Å²) in [7, 11) is 4.16. The standard InChI is InChI=1S/C32H57N3O2/c1-21(18-33-3)7-5-8-22-13-25-28-23(9-10-24(35-28)19-34-4)15-32-26(16-30(25,32)14-22)31(37)12-6-11-29(2,20-31)17-27(32)36/h21-28,33-37H,5-20H2,1-4H3. The molecule has 6 fully saturated rings. The van der Waals surface area contributed by atoms with Gasteiger partial charge in [-0.1, -0.05) is 33.1 Å². The van der Waals surface area contributed by atoms with Crippen LogP contribution in [0.5, 0.6) is 0 Å². The molecule has 12 atom stereocenters. The van der Waals surface area contributed by atoms with Gasteiger partial charge in [0.25, 0.3) is 0 Å². The van der Waals surface area contributed by atoms with Gasteiger partial charge in [-0.25, -0.2) is 0 Å². The summed E-state index contributed by atoms with van der Waals surface area (Å²) in [6, 6.07) is 1.18. The maximum absolute atomic E-state index is 12.3. The average Bonchev–Trinajstić information content (AvgIpc) is 3.21. The van der Waals surface area contributed by atoms with Crippen molar-refractivity contribution in [2.75, 3.05) is 27.2 Å². The van der Waals surface area contributed by atoms with Crippen molar-refractivity contribution >= 4 is 0 Å². The Morgan fingerprint density at radius 1 is 1.05 bits per heavy atom. The summed E-state index contributed by atoms with van der Waals surface area (Å²) >= 11 is 0. The molecule has 2 bridgehead atoms. The molecule has 1 heterocycles. The maximum Gasteiger partial charge on any atom is 0.0687 e. The minimum absolute atomic E-state index is 0.0542. The minimum atomic E-state index is -0.551. The molecule has 1 saturated heterocycles. The van der Waals surface area contributed by atoms with Crippen molar-refractivity contribution in [2.45, 2.75) is 128 Å². The Morgan fingerprint density at radius 3 is 2.68 bits per heavy atom. The van der Waals surface area contributed by atoms with Crippen molar-refractivity contribution in [3.05, 3.63) is 0 Å². The van der Waals surface area contributed by atoms with Crippen LogP contribution in [0.4, 0.5) is 0 Å². The van der Waals surface area contributed by atoms with Crippen LogP contribution in [0.15, 0.2) is 0 Å². The van der Waals surface area contributed by atoms with Gasteiger partial charge in [0.1, 0.15) is 0 Å². The van der Waals surface area contributed by atoms with E-state index in [4.69, 9.17) is 0 Å². The van der Waals surface area contributed by atoms with E-state index in [9.17, 15) is 10.2 Å². The van der Waals surface area contributed by atoms with Crippen LogP contribution in [-0.2, 0) is 0 Å². The van der Waals surface area contributed by atoms with Crippen molar-refractivity contribution in [1.29, 1.82) is 0 Å². The number of rotatable bonds is 8. The van der Waals surface area contributed by atoms with E-state index < -0.39 is 5.60 Å². The minimum Gasteiger partial charge on any atom is -0.392 e. The molecule has 0 aromatic carbocycles. The molecular formula is C32H57N3O2. The summed E-state index contributed by atoms with van der Waals surface area (Å²) in [6.07, 6.45) is 16.4. The molecule has 0 aromatic heterocycles. The van der Waals surface area contributed by atoms with Gasteiger partial charge in [-0.2, -0.15) is 0 Å². The summed E-state index contributed by atoms with van der Waals surface area (Å²) in [5, 5.41) is 35.6. The lowest BCUT2D eigenvalue weighted by Crippen LogP contribution is -2.76. The van der Waals surface area contributed by atoms with E-state index in [1.165, 1.54) is 57.8 Å². The molecule has 37 heavy (non-hydrogen) atoms. The third-order valence-electron chi connectivity index (χ3n) is 13.3. The molecule has 0 radical (unpaired) electrons. The zero-order valence-electron chi connectivity index (χ0n) is 24.3. The number of piperidine rings is 1. The normalized spacial score (nSPS) is 53.2. The summed E-state index contributed by atoms with van der Waals surface area (Å²) in [4.78, 5) is 0. The van der Waals surface area contributed by atoms with Crippen molar-refractivity contribution in [1.82, 2.24) is 16.0 Å². The van der Waals surface area contributed by atoms with E-state index >= 15 is 0 Å². The van der Waals surface area contributed by atoms with Gasteiger partial charge >= 0.3 is 0 Å². The van der Waals surface area contributed by atoms with Crippen LogP contribution in [0, 0.1) is 45.8 Å². The zero-order valence-corrected chi connectivity index (χ0v) is 24.3. The Hall–Kier alpha value is -0.200. The Balaban J connectivity index is 1.31. The molecule has 0 amide bonds. The van der Waals surface area contributed by atoms with Crippen molar-refractivity contribution < 1.29 is 10.2 Å². The van der Waals surface area contributed by atoms with Crippen LogP contribution in [0.25, 0.3) is 0 Å². The smallest absolute Gasteiger partial charge is 0.0687 e. The van der Waals surface area contributed by atoms with Gasteiger partial charge in [0.05, 0.1) is 11.7 Å². The van der Waals surface area contributed by atoms with E-state index in [1.807, 2.05) is 0 Å². The predicted octanol–water partition coefficient (Wildman–Crippen LogP) is 4.47. The van der Waals surface area contributed by atoms with Gasteiger partial charge in [0, 0.05) is 24.0 Å². The summed E-state index contributed by atoms with van der Waals surface area (Å²) < 4.78 is 0. The van der Waals surface area contributed by atoms with Gasteiger partial charge in [0.15, 0.2) is 0 Å². The molecule has 5 nitrogen and oxygen atoms in total. The highest BCUT2D eigenvalue weighted by Crippen LogP contribution is 2.82. The number of hydrogen-bond donors (Lipinski definition) is 5. The van der Waals surface area contributed by atoms with Crippen molar-refractivity contribution in [3.63, 3.8) is 0 Å². The van der Waals surface area contributed by atoms with E-state index in [0.717, 1.165) is 57.0 Å². The molecule has 6 aliphatic rings. The fourth-order valence-electron chi connectivity index (χ4n) is 12.1. The average molecular weight is 516 g/mol. The van der Waals surface area contributed by atoms with Gasteiger partial charge in [-0.05, 0) is 132 Å². The Kier molecular flexibility index (Phi) is 7.09. The lowest BCUT2D eigenvalue weighted by molar-refractivity contribution is -0.305. The highest BCUT2D eigenvalue weighted by atomic mass is 16.3. The monoisotopic (exact) mass is 515 g/mol. The van der Waals surface area contributed by atoms with Gasteiger partial charge in [-0.3, -0.25) is 0 Å². The molecule has 5 N–H and O–H groups in total. The lowest BCUT2D eigenvalue weighted by Gasteiger charge is -2.75. The van der Waals surface area contributed by atoms with E-state index in [1.54, 1.807) is 0 Å². The van der Waals surface area contributed by atoms with Crippen LogP contribution >= 0.6 is 0 Å². The van der Waals surface area contributed by atoms with Crippen LogP contribution in [-0.4, -0.2) is 61.2 Å². The summed E-state index contributed by atoms with van der Waals surface area (Å²) in [6.45, 7) is 6.94. The molecule has 5 heteroatoms. The van der Waals surface area contributed by atoms with Gasteiger partial charge in [-0.15, -0.1) is 0 Å². The first-order valence-electron chi connectivity index (χ1n) is 16.1.